The number of rotatable bonds is 7. The Morgan fingerprint density at radius 2 is 1.86 bits per heavy atom. The van der Waals surface area contributed by atoms with E-state index in [4.69, 9.17) is 4.74 Å². The molecule has 0 saturated heterocycles. The zero-order chi connectivity index (χ0) is 19.9. The van der Waals surface area contributed by atoms with Crippen molar-refractivity contribution in [2.75, 3.05) is 19.0 Å². The van der Waals surface area contributed by atoms with Crippen molar-refractivity contribution in [1.82, 2.24) is 15.5 Å². The molecule has 1 amide bonds. The lowest BCUT2D eigenvalue weighted by atomic mass is 10.1. The topological polar surface area (TPSA) is 76.1 Å². The van der Waals surface area contributed by atoms with Crippen molar-refractivity contribution in [1.29, 1.82) is 0 Å². The Kier molecular flexibility index (Phi) is 6.22. The van der Waals surface area contributed by atoms with Crippen LogP contribution in [0, 0.1) is 13.8 Å². The van der Waals surface area contributed by atoms with Crippen molar-refractivity contribution in [3.63, 3.8) is 0 Å². The van der Waals surface area contributed by atoms with E-state index in [-0.39, 0.29) is 11.6 Å². The van der Waals surface area contributed by atoms with Crippen LogP contribution in [-0.4, -0.2) is 29.8 Å². The molecule has 6 heteroatoms. The number of hydrogen-bond acceptors (Lipinski definition) is 5. The number of nitrogens with one attached hydrogen (secondary N) is 2. The summed E-state index contributed by atoms with van der Waals surface area (Å²) in [6.45, 7) is 4.62. The normalized spacial score (nSPS) is 10.4. The van der Waals surface area contributed by atoms with Crippen LogP contribution in [0.4, 0.5) is 11.5 Å². The minimum absolute atomic E-state index is 0.242. The third kappa shape index (κ3) is 4.85. The number of benzene rings is 2. The van der Waals surface area contributed by atoms with Gasteiger partial charge in [-0.15, -0.1) is 10.2 Å². The number of aryl methyl sites for hydroxylation is 1. The monoisotopic (exact) mass is 376 g/mol. The van der Waals surface area contributed by atoms with Crippen LogP contribution in [0.15, 0.2) is 54.6 Å². The van der Waals surface area contributed by atoms with Crippen LogP contribution in [0.3, 0.4) is 0 Å². The van der Waals surface area contributed by atoms with E-state index in [9.17, 15) is 4.79 Å². The Hall–Kier alpha value is -3.41. The van der Waals surface area contributed by atoms with Gasteiger partial charge in [-0.2, -0.15) is 0 Å². The summed E-state index contributed by atoms with van der Waals surface area (Å²) in [6, 6.07) is 17.3. The maximum absolute atomic E-state index is 12.3. The van der Waals surface area contributed by atoms with Gasteiger partial charge in [0.25, 0.3) is 5.91 Å². The molecule has 6 nitrogen and oxygen atoms in total. The number of hydrogen-bond donors (Lipinski definition) is 2. The first-order chi connectivity index (χ1) is 13.6. The SMILES string of the molecule is COc1cccc(CCNC(=O)c2ccc(Nc3cccc(C)c3C)nn2)c1. The predicted molar refractivity (Wildman–Crippen MR) is 110 cm³/mol. The van der Waals surface area contributed by atoms with Gasteiger partial charge < -0.3 is 15.4 Å². The van der Waals surface area contributed by atoms with Crippen LogP contribution in [0.5, 0.6) is 5.75 Å². The fourth-order valence-corrected chi connectivity index (χ4v) is 2.78. The van der Waals surface area contributed by atoms with Crippen molar-refractivity contribution >= 4 is 17.4 Å². The van der Waals surface area contributed by atoms with Crippen molar-refractivity contribution in [2.24, 2.45) is 0 Å². The highest BCUT2D eigenvalue weighted by Gasteiger charge is 2.09. The largest absolute Gasteiger partial charge is 0.497 e. The molecule has 144 valence electrons. The number of nitrogens with zero attached hydrogens (tertiary/aromatic N) is 2. The number of methoxy groups -OCH3 is 1. The molecule has 1 heterocycles. The van der Waals surface area contributed by atoms with Gasteiger partial charge in [0, 0.05) is 12.2 Å². The lowest BCUT2D eigenvalue weighted by molar-refractivity contribution is 0.0948. The van der Waals surface area contributed by atoms with Crippen LogP contribution in [-0.2, 0) is 6.42 Å². The molecule has 0 aliphatic heterocycles. The lowest BCUT2D eigenvalue weighted by Crippen LogP contribution is -2.26. The fraction of sp³-hybridized carbons (Fsp3) is 0.227. The van der Waals surface area contributed by atoms with Gasteiger partial charge in [-0.1, -0.05) is 24.3 Å². The van der Waals surface area contributed by atoms with E-state index in [1.54, 1.807) is 19.2 Å². The molecule has 0 bridgehead atoms. The third-order valence-electron chi connectivity index (χ3n) is 4.60. The average molecular weight is 376 g/mol. The summed E-state index contributed by atoms with van der Waals surface area (Å²) in [6.07, 6.45) is 0.711. The second-order valence-electron chi connectivity index (χ2n) is 6.53. The van der Waals surface area contributed by atoms with Crippen LogP contribution < -0.4 is 15.4 Å². The van der Waals surface area contributed by atoms with Gasteiger partial charge in [0.15, 0.2) is 11.5 Å². The molecule has 0 fully saturated rings. The molecular formula is C22H24N4O2. The molecule has 3 aromatic rings. The standard InChI is InChI=1S/C22H24N4O2/c1-15-6-4-9-19(16(15)2)24-21-11-10-20(25-26-21)22(27)23-13-12-17-7-5-8-18(14-17)28-3/h4-11,14H,12-13H2,1-3H3,(H,23,27)(H,24,26). The van der Waals surface area contributed by atoms with E-state index >= 15 is 0 Å². The van der Waals surface area contributed by atoms with Crippen LogP contribution in [0.1, 0.15) is 27.2 Å². The van der Waals surface area contributed by atoms with Gasteiger partial charge in [-0.05, 0) is 67.3 Å². The number of amides is 1. The van der Waals surface area contributed by atoms with E-state index in [1.165, 1.54) is 5.56 Å². The molecule has 1 aromatic heterocycles. The highest BCUT2D eigenvalue weighted by molar-refractivity contribution is 5.92. The van der Waals surface area contributed by atoms with E-state index in [0.29, 0.717) is 18.8 Å². The molecular weight excluding hydrogens is 352 g/mol. The summed E-state index contributed by atoms with van der Waals surface area (Å²) >= 11 is 0. The third-order valence-corrected chi connectivity index (χ3v) is 4.60. The molecule has 2 N–H and O–H groups in total. The average Bonchev–Trinajstić information content (AvgIpc) is 2.72. The highest BCUT2D eigenvalue weighted by Crippen LogP contribution is 2.21. The van der Waals surface area contributed by atoms with E-state index in [0.717, 1.165) is 22.6 Å². The summed E-state index contributed by atoms with van der Waals surface area (Å²) in [5.74, 6) is 1.16. The molecule has 2 aromatic carbocycles. The number of aromatic nitrogens is 2. The molecule has 0 saturated carbocycles. The number of carbonyl (C=O) groups excluding carboxylic acids is 1. The van der Waals surface area contributed by atoms with Crippen LogP contribution in [0.2, 0.25) is 0 Å². The smallest absolute Gasteiger partial charge is 0.271 e. The number of carbonyl (C=O) groups is 1. The Morgan fingerprint density at radius 3 is 2.61 bits per heavy atom. The van der Waals surface area contributed by atoms with Crippen molar-refractivity contribution in [3.05, 3.63) is 77.0 Å². The van der Waals surface area contributed by atoms with Gasteiger partial charge in [-0.3, -0.25) is 4.79 Å². The molecule has 0 aliphatic carbocycles. The van der Waals surface area contributed by atoms with Crippen LogP contribution >= 0.6 is 0 Å². The molecule has 0 spiro atoms. The van der Waals surface area contributed by atoms with Crippen molar-refractivity contribution in [2.45, 2.75) is 20.3 Å². The first kappa shape index (κ1) is 19.4. The van der Waals surface area contributed by atoms with Gasteiger partial charge in [-0.25, -0.2) is 0 Å². The Bertz CT molecular complexity index is 955. The maximum Gasteiger partial charge on any atom is 0.271 e. The Morgan fingerprint density at radius 1 is 1.04 bits per heavy atom. The van der Waals surface area contributed by atoms with E-state index in [1.807, 2.05) is 36.4 Å². The maximum atomic E-state index is 12.3. The summed E-state index contributed by atoms with van der Waals surface area (Å²) in [5.41, 5.74) is 4.72. The van der Waals surface area contributed by atoms with Gasteiger partial charge in [0.05, 0.1) is 7.11 Å². The summed E-state index contributed by atoms with van der Waals surface area (Å²) < 4.78 is 5.21. The minimum Gasteiger partial charge on any atom is -0.497 e. The second kappa shape index (κ2) is 8.99. The second-order valence-corrected chi connectivity index (χ2v) is 6.53. The van der Waals surface area contributed by atoms with Gasteiger partial charge in [0.2, 0.25) is 0 Å². The fourth-order valence-electron chi connectivity index (χ4n) is 2.78. The summed E-state index contributed by atoms with van der Waals surface area (Å²) in [4.78, 5) is 12.3. The summed E-state index contributed by atoms with van der Waals surface area (Å²) in [7, 11) is 1.64. The lowest BCUT2D eigenvalue weighted by Gasteiger charge is -2.10. The molecule has 3 rings (SSSR count). The van der Waals surface area contributed by atoms with Crippen molar-refractivity contribution < 1.29 is 9.53 Å². The van der Waals surface area contributed by atoms with Crippen molar-refractivity contribution in [3.8, 4) is 5.75 Å². The zero-order valence-electron chi connectivity index (χ0n) is 16.3. The quantitative estimate of drug-likeness (QED) is 0.656. The van der Waals surface area contributed by atoms with E-state index in [2.05, 4.69) is 40.7 Å². The number of anilines is 2. The molecule has 0 aliphatic rings. The van der Waals surface area contributed by atoms with E-state index < -0.39 is 0 Å². The molecule has 0 radical (unpaired) electrons. The first-order valence-electron chi connectivity index (χ1n) is 9.15. The Labute approximate surface area is 165 Å². The first-order valence-corrected chi connectivity index (χ1v) is 9.15. The van der Waals surface area contributed by atoms with Gasteiger partial charge in [0.1, 0.15) is 5.75 Å². The zero-order valence-corrected chi connectivity index (χ0v) is 16.3. The predicted octanol–water partition coefficient (Wildman–Crippen LogP) is 3.82. The highest BCUT2D eigenvalue weighted by atomic mass is 16.5. The van der Waals surface area contributed by atoms with Gasteiger partial charge >= 0.3 is 0 Å². The Balaban J connectivity index is 1.55. The number of ether oxygens (including phenoxy) is 1. The molecule has 28 heavy (non-hydrogen) atoms. The molecule has 0 atom stereocenters. The molecule has 0 unspecified atom stereocenters. The van der Waals surface area contributed by atoms with Crippen LogP contribution in [0.25, 0.3) is 0 Å². The summed E-state index contributed by atoms with van der Waals surface area (Å²) in [5, 5.41) is 14.3. The minimum atomic E-state index is -0.242.